The average Bonchev–Trinajstić information content (AvgIpc) is 3.25. The van der Waals surface area contributed by atoms with Crippen LogP contribution in [0.4, 0.5) is 4.39 Å². The Hall–Kier alpha value is -2.10. The number of aliphatic imine (C=N–C) groups is 1. The monoisotopic (exact) mass is 486 g/mol. The lowest BCUT2D eigenvalue weighted by molar-refractivity contribution is 0.0972. The molecule has 8 heteroatoms. The van der Waals surface area contributed by atoms with Crippen molar-refractivity contribution in [1.29, 1.82) is 0 Å². The molecule has 2 aromatic rings. The van der Waals surface area contributed by atoms with E-state index in [1.165, 1.54) is 12.1 Å². The highest BCUT2D eigenvalue weighted by Gasteiger charge is 2.45. The molecule has 1 aromatic heterocycles. The average molecular weight is 486 g/mol. The molecule has 27 heavy (non-hydrogen) atoms. The maximum atomic E-state index is 14.1. The van der Waals surface area contributed by atoms with E-state index in [1.54, 1.807) is 12.1 Å². The van der Waals surface area contributed by atoms with Gasteiger partial charge in [0, 0.05) is 18.5 Å². The van der Waals surface area contributed by atoms with Gasteiger partial charge in [-0.1, -0.05) is 18.2 Å². The van der Waals surface area contributed by atoms with Gasteiger partial charge in [0.25, 0.3) is 5.91 Å². The van der Waals surface area contributed by atoms with Gasteiger partial charge in [0.1, 0.15) is 18.1 Å². The van der Waals surface area contributed by atoms with E-state index in [4.69, 9.17) is 10.2 Å². The van der Waals surface area contributed by atoms with Crippen molar-refractivity contribution in [3.63, 3.8) is 0 Å². The van der Waals surface area contributed by atoms with Crippen molar-refractivity contribution in [3.8, 4) is 0 Å². The van der Waals surface area contributed by atoms with Crippen molar-refractivity contribution in [2.24, 2.45) is 10.7 Å². The zero-order valence-electron chi connectivity index (χ0n) is 15.1. The number of rotatable bonds is 7. The SMILES string of the molecule is CCNC(=NCc1ccc(C(N)=O)o1)NCC1(c2ccccc2F)CC1.I. The van der Waals surface area contributed by atoms with Crippen LogP contribution in [-0.4, -0.2) is 25.0 Å². The third-order valence-corrected chi connectivity index (χ3v) is 4.53. The molecule has 1 saturated carbocycles. The first-order valence-electron chi connectivity index (χ1n) is 8.70. The van der Waals surface area contributed by atoms with E-state index in [0.29, 0.717) is 24.8 Å². The smallest absolute Gasteiger partial charge is 0.284 e. The van der Waals surface area contributed by atoms with Crippen LogP contribution < -0.4 is 16.4 Å². The van der Waals surface area contributed by atoms with E-state index in [1.807, 2.05) is 19.1 Å². The van der Waals surface area contributed by atoms with Crippen LogP contribution in [0.15, 0.2) is 45.8 Å². The first-order chi connectivity index (χ1) is 12.5. The second kappa shape index (κ2) is 9.20. The fourth-order valence-corrected chi connectivity index (χ4v) is 2.93. The molecule has 0 radical (unpaired) electrons. The molecule has 1 aliphatic carbocycles. The third-order valence-electron chi connectivity index (χ3n) is 4.53. The molecule has 6 nitrogen and oxygen atoms in total. The minimum Gasteiger partial charge on any atom is -0.454 e. The minimum absolute atomic E-state index is 0. The highest BCUT2D eigenvalue weighted by Crippen LogP contribution is 2.48. The van der Waals surface area contributed by atoms with E-state index in [0.717, 1.165) is 18.4 Å². The molecule has 146 valence electrons. The van der Waals surface area contributed by atoms with Crippen LogP contribution in [0.3, 0.4) is 0 Å². The van der Waals surface area contributed by atoms with E-state index in [2.05, 4.69) is 15.6 Å². The lowest BCUT2D eigenvalue weighted by Crippen LogP contribution is -2.41. The Balaban J connectivity index is 0.00000261. The van der Waals surface area contributed by atoms with E-state index >= 15 is 0 Å². The van der Waals surface area contributed by atoms with E-state index < -0.39 is 5.91 Å². The molecule has 0 aliphatic heterocycles. The molecule has 4 N–H and O–H groups in total. The molecule has 0 unspecified atom stereocenters. The van der Waals surface area contributed by atoms with Crippen LogP contribution in [-0.2, 0) is 12.0 Å². The van der Waals surface area contributed by atoms with Crippen LogP contribution in [0.5, 0.6) is 0 Å². The molecular weight excluding hydrogens is 462 g/mol. The largest absolute Gasteiger partial charge is 0.454 e. The zero-order valence-corrected chi connectivity index (χ0v) is 17.5. The standard InChI is InChI=1S/C19H23FN4O2.HI/c1-2-22-18(23-11-13-7-8-16(26-13)17(21)25)24-12-19(9-10-19)14-5-3-4-6-15(14)20;/h3-8H,2,9-12H2,1H3,(H2,21,25)(H2,22,23,24);1H. The van der Waals surface area contributed by atoms with Gasteiger partial charge < -0.3 is 20.8 Å². The molecule has 1 heterocycles. The van der Waals surface area contributed by atoms with Crippen molar-refractivity contribution >= 4 is 35.8 Å². The summed E-state index contributed by atoms with van der Waals surface area (Å²) in [5, 5.41) is 6.45. The predicted molar refractivity (Wildman–Crippen MR) is 113 cm³/mol. The molecule has 1 amide bonds. The molecule has 0 bridgehead atoms. The minimum atomic E-state index is -0.606. The van der Waals surface area contributed by atoms with Crippen molar-refractivity contribution in [1.82, 2.24) is 10.6 Å². The number of guanidine groups is 1. The molecule has 0 saturated heterocycles. The third kappa shape index (κ3) is 5.21. The van der Waals surface area contributed by atoms with Gasteiger partial charge in [-0.25, -0.2) is 9.38 Å². The van der Waals surface area contributed by atoms with Gasteiger partial charge in [-0.3, -0.25) is 4.79 Å². The number of nitrogens with one attached hydrogen (secondary N) is 2. The lowest BCUT2D eigenvalue weighted by Gasteiger charge is -2.19. The van der Waals surface area contributed by atoms with Crippen LogP contribution in [0.25, 0.3) is 0 Å². The summed E-state index contributed by atoms with van der Waals surface area (Å²) in [6, 6.07) is 10.1. The first kappa shape index (κ1) is 21.2. The maximum absolute atomic E-state index is 14.1. The number of nitrogens with two attached hydrogens (primary N) is 1. The number of halogens is 2. The predicted octanol–water partition coefficient (Wildman–Crippen LogP) is 2.92. The summed E-state index contributed by atoms with van der Waals surface area (Å²) in [4.78, 5) is 15.5. The van der Waals surface area contributed by atoms with Gasteiger partial charge in [-0.05, 0) is 43.5 Å². The summed E-state index contributed by atoms with van der Waals surface area (Å²) in [5.74, 6) is 0.511. The van der Waals surface area contributed by atoms with Crippen LogP contribution >= 0.6 is 24.0 Å². The molecule has 1 aromatic carbocycles. The Kier molecular flexibility index (Phi) is 7.23. The second-order valence-corrected chi connectivity index (χ2v) is 6.44. The number of hydrogen-bond donors (Lipinski definition) is 3. The number of nitrogens with zero attached hydrogens (tertiary/aromatic N) is 1. The van der Waals surface area contributed by atoms with Crippen molar-refractivity contribution in [3.05, 3.63) is 59.3 Å². The summed E-state index contributed by atoms with van der Waals surface area (Å²) in [7, 11) is 0. The lowest BCUT2D eigenvalue weighted by atomic mass is 9.95. The first-order valence-corrected chi connectivity index (χ1v) is 8.70. The number of carbonyl (C=O) groups excluding carboxylic acids is 1. The van der Waals surface area contributed by atoms with Crippen LogP contribution in [0.2, 0.25) is 0 Å². The fraction of sp³-hybridized carbons (Fsp3) is 0.368. The van der Waals surface area contributed by atoms with Gasteiger partial charge in [0.2, 0.25) is 0 Å². The summed E-state index contributed by atoms with van der Waals surface area (Å²) in [5.41, 5.74) is 5.75. The van der Waals surface area contributed by atoms with Gasteiger partial charge in [-0.2, -0.15) is 0 Å². The van der Waals surface area contributed by atoms with Crippen molar-refractivity contribution in [2.75, 3.05) is 13.1 Å². The van der Waals surface area contributed by atoms with E-state index in [-0.39, 0.29) is 47.5 Å². The highest BCUT2D eigenvalue weighted by atomic mass is 127. The Morgan fingerprint density at radius 2 is 2.00 bits per heavy atom. The van der Waals surface area contributed by atoms with Gasteiger partial charge in [0.05, 0.1) is 0 Å². The molecule has 0 spiro atoms. The zero-order chi connectivity index (χ0) is 18.6. The number of primary amides is 1. The molecule has 1 aliphatic rings. The second-order valence-electron chi connectivity index (χ2n) is 6.44. The highest BCUT2D eigenvalue weighted by molar-refractivity contribution is 14.0. The fourth-order valence-electron chi connectivity index (χ4n) is 2.93. The Morgan fingerprint density at radius 1 is 1.26 bits per heavy atom. The molecule has 1 fully saturated rings. The van der Waals surface area contributed by atoms with Gasteiger partial charge >= 0.3 is 0 Å². The number of hydrogen-bond acceptors (Lipinski definition) is 3. The summed E-state index contributed by atoms with van der Waals surface area (Å²) >= 11 is 0. The summed E-state index contributed by atoms with van der Waals surface area (Å²) < 4.78 is 19.4. The molecule has 3 rings (SSSR count). The maximum Gasteiger partial charge on any atom is 0.284 e. The summed E-state index contributed by atoms with van der Waals surface area (Å²) in [6.07, 6.45) is 1.89. The normalized spacial score (nSPS) is 15.0. The summed E-state index contributed by atoms with van der Waals surface area (Å²) in [6.45, 7) is 3.54. The topological polar surface area (TPSA) is 92.6 Å². The van der Waals surface area contributed by atoms with Gasteiger partial charge in [0.15, 0.2) is 11.7 Å². The number of furan rings is 1. The number of amides is 1. The van der Waals surface area contributed by atoms with Crippen molar-refractivity contribution < 1.29 is 13.6 Å². The Bertz CT molecular complexity index is 818. The quantitative estimate of drug-likeness (QED) is 0.319. The van der Waals surface area contributed by atoms with Gasteiger partial charge in [-0.15, -0.1) is 24.0 Å². The Labute approximate surface area is 174 Å². The Morgan fingerprint density at radius 3 is 2.59 bits per heavy atom. The number of benzene rings is 1. The molecule has 0 atom stereocenters. The van der Waals surface area contributed by atoms with Crippen LogP contribution in [0, 0.1) is 5.82 Å². The van der Waals surface area contributed by atoms with Crippen molar-refractivity contribution in [2.45, 2.75) is 31.7 Å². The van der Waals surface area contributed by atoms with Crippen LogP contribution in [0.1, 0.15) is 41.6 Å². The van der Waals surface area contributed by atoms with E-state index in [9.17, 15) is 9.18 Å². The molecular formula is C19H24FIN4O2. The number of carbonyl (C=O) groups is 1.